The van der Waals surface area contributed by atoms with Gasteiger partial charge in [0, 0.05) is 11.8 Å². The number of amides is 1. The molecule has 0 spiro atoms. The van der Waals surface area contributed by atoms with E-state index in [0.29, 0.717) is 5.69 Å². The number of nitrogens with one attached hydrogen (secondary N) is 1. The number of carbonyl (C=O) groups excluding carboxylic acids is 1. The van der Waals surface area contributed by atoms with Crippen LogP contribution in [0.1, 0.15) is 13.8 Å². The Bertz CT molecular complexity index is 348. The minimum absolute atomic E-state index is 0.157. The molecule has 0 fully saturated rings. The predicted molar refractivity (Wildman–Crippen MR) is 56.2 cm³/mol. The molecule has 1 aromatic carbocycles. The molecule has 1 aromatic rings. The van der Waals surface area contributed by atoms with Crippen molar-refractivity contribution in [2.45, 2.75) is 13.8 Å². The summed E-state index contributed by atoms with van der Waals surface area (Å²) in [7, 11) is 0. The fourth-order valence-corrected chi connectivity index (χ4v) is 0.985. The fraction of sp³-hybridized carbons (Fsp3) is 0.182. The highest BCUT2D eigenvalue weighted by molar-refractivity contribution is 5.99. The highest BCUT2D eigenvalue weighted by Crippen LogP contribution is 2.13. The van der Waals surface area contributed by atoms with E-state index in [0.717, 1.165) is 5.57 Å². The molecule has 0 atom stereocenters. The first-order valence-corrected chi connectivity index (χ1v) is 4.33. The zero-order chi connectivity index (χ0) is 10.6. The van der Waals surface area contributed by atoms with Gasteiger partial charge in [0.1, 0.15) is 5.75 Å². The van der Waals surface area contributed by atoms with Gasteiger partial charge in [-0.25, -0.2) is 0 Å². The van der Waals surface area contributed by atoms with Crippen LogP contribution in [-0.4, -0.2) is 11.0 Å². The summed E-state index contributed by atoms with van der Waals surface area (Å²) in [5.41, 5.74) is 1.62. The van der Waals surface area contributed by atoms with Gasteiger partial charge in [0.05, 0.1) is 0 Å². The quantitative estimate of drug-likeness (QED) is 0.556. The van der Waals surface area contributed by atoms with Gasteiger partial charge in [-0.1, -0.05) is 5.57 Å². The fourth-order valence-electron chi connectivity index (χ4n) is 0.985. The summed E-state index contributed by atoms with van der Waals surface area (Å²) in [5.74, 6) is 0.0286. The van der Waals surface area contributed by atoms with Crippen molar-refractivity contribution in [3.05, 3.63) is 35.9 Å². The van der Waals surface area contributed by atoms with Crippen LogP contribution in [0.3, 0.4) is 0 Å². The number of aromatic hydroxyl groups is 1. The van der Waals surface area contributed by atoms with Gasteiger partial charge in [-0.15, -0.1) is 0 Å². The molecule has 0 saturated heterocycles. The molecule has 0 saturated carbocycles. The number of benzene rings is 1. The van der Waals surface area contributed by atoms with Gasteiger partial charge >= 0.3 is 0 Å². The number of allylic oxidation sites excluding steroid dienone is 1. The normalized spacial score (nSPS) is 9.29. The minimum Gasteiger partial charge on any atom is -0.508 e. The Morgan fingerprint density at radius 3 is 2.36 bits per heavy atom. The van der Waals surface area contributed by atoms with Crippen LogP contribution >= 0.6 is 0 Å². The van der Waals surface area contributed by atoms with Crippen molar-refractivity contribution in [3.8, 4) is 5.75 Å². The second-order valence-corrected chi connectivity index (χ2v) is 3.26. The Morgan fingerprint density at radius 2 is 1.86 bits per heavy atom. The smallest absolute Gasteiger partial charge is 0.248 e. The maximum Gasteiger partial charge on any atom is 0.248 e. The van der Waals surface area contributed by atoms with Crippen molar-refractivity contribution < 1.29 is 9.90 Å². The predicted octanol–water partition coefficient (Wildman–Crippen LogP) is 2.30. The van der Waals surface area contributed by atoms with Crippen LogP contribution in [0.15, 0.2) is 35.9 Å². The van der Waals surface area contributed by atoms with Gasteiger partial charge in [0.15, 0.2) is 0 Å². The molecule has 3 heteroatoms. The lowest BCUT2D eigenvalue weighted by Crippen LogP contribution is -2.07. The summed E-state index contributed by atoms with van der Waals surface area (Å²) in [4.78, 5) is 11.3. The lowest BCUT2D eigenvalue weighted by atomic mass is 10.3. The lowest BCUT2D eigenvalue weighted by Gasteiger charge is -2.01. The van der Waals surface area contributed by atoms with Crippen molar-refractivity contribution in [2.24, 2.45) is 0 Å². The van der Waals surface area contributed by atoms with E-state index < -0.39 is 0 Å². The third-order valence-electron chi connectivity index (χ3n) is 1.55. The Balaban J connectivity index is 2.66. The van der Waals surface area contributed by atoms with Crippen molar-refractivity contribution in [1.29, 1.82) is 0 Å². The van der Waals surface area contributed by atoms with Crippen molar-refractivity contribution in [1.82, 2.24) is 0 Å². The van der Waals surface area contributed by atoms with Gasteiger partial charge in [0.25, 0.3) is 0 Å². The average molecular weight is 191 g/mol. The van der Waals surface area contributed by atoms with Gasteiger partial charge in [0.2, 0.25) is 5.91 Å². The summed E-state index contributed by atoms with van der Waals surface area (Å²) < 4.78 is 0. The minimum atomic E-state index is -0.157. The number of carbonyl (C=O) groups is 1. The maximum atomic E-state index is 11.3. The molecular formula is C11H13NO2. The van der Waals surface area contributed by atoms with Crippen LogP contribution in [0, 0.1) is 0 Å². The van der Waals surface area contributed by atoms with Crippen molar-refractivity contribution >= 4 is 11.6 Å². The van der Waals surface area contributed by atoms with Crippen LogP contribution in [0.4, 0.5) is 5.69 Å². The summed E-state index contributed by atoms with van der Waals surface area (Å²) in [6.45, 7) is 3.72. The van der Waals surface area contributed by atoms with Gasteiger partial charge in [-0.3, -0.25) is 4.79 Å². The third kappa shape index (κ3) is 3.31. The van der Waals surface area contributed by atoms with E-state index in [1.807, 2.05) is 13.8 Å². The first-order valence-electron chi connectivity index (χ1n) is 4.33. The maximum absolute atomic E-state index is 11.3. The molecule has 1 rings (SSSR count). The number of hydrogen-bond donors (Lipinski definition) is 2. The number of hydrogen-bond acceptors (Lipinski definition) is 2. The van der Waals surface area contributed by atoms with Crippen LogP contribution in [0.5, 0.6) is 5.75 Å². The van der Waals surface area contributed by atoms with Crippen LogP contribution < -0.4 is 5.32 Å². The third-order valence-corrected chi connectivity index (χ3v) is 1.55. The second-order valence-electron chi connectivity index (χ2n) is 3.26. The highest BCUT2D eigenvalue weighted by Gasteiger charge is 1.97. The molecule has 0 aliphatic rings. The van der Waals surface area contributed by atoms with Gasteiger partial charge in [-0.2, -0.15) is 0 Å². The highest BCUT2D eigenvalue weighted by atomic mass is 16.3. The van der Waals surface area contributed by atoms with Gasteiger partial charge in [-0.05, 0) is 38.1 Å². The molecule has 0 heterocycles. The van der Waals surface area contributed by atoms with E-state index in [1.54, 1.807) is 12.1 Å². The number of phenols is 1. The van der Waals surface area contributed by atoms with Crippen LogP contribution in [0.2, 0.25) is 0 Å². The van der Waals surface area contributed by atoms with E-state index in [-0.39, 0.29) is 11.7 Å². The SMILES string of the molecule is CC(C)=CC(=O)Nc1ccc(O)cc1. The zero-order valence-electron chi connectivity index (χ0n) is 8.24. The molecule has 2 N–H and O–H groups in total. The Morgan fingerprint density at radius 1 is 1.29 bits per heavy atom. The molecule has 0 radical (unpaired) electrons. The second kappa shape index (κ2) is 4.46. The summed E-state index contributed by atoms with van der Waals surface area (Å²) in [5, 5.41) is 11.7. The Labute approximate surface area is 83.1 Å². The molecular weight excluding hydrogens is 178 g/mol. The van der Waals surface area contributed by atoms with Crippen LogP contribution in [-0.2, 0) is 4.79 Å². The van der Waals surface area contributed by atoms with E-state index >= 15 is 0 Å². The van der Waals surface area contributed by atoms with Crippen molar-refractivity contribution in [3.63, 3.8) is 0 Å². The molecule has 1 amide bonds. The van der Waals surface area contributed by atoms with E-state index in [2.05, 4.69) is 5.32 Å². The number of rotatable bonds is 2. The number of anilines is 1. The molecule has 0 aromatic heterocycles. The average Bonchev–Trinajstić information content (AvgIpc) is 2.07. The van der Waals surface area contributed by atoms with Gasteiger partial charge < -0.3 is 10.4 Å². The summed E-state index contributed by atoms with van der Waals surface area (Å²) >= 11 is 0. The lowest BCUT2D eigenvalue weighted by molar-refractivity contribution is -0.111. The standard InChI is InChI=1S/C11H13NO2/c1-8(2)7-11(14)12-9-3-5-10(13)6-4-9/h3-7,13H,1-2H3,(H,12,14). The topological polar surface area (TPSA) is 49.3 Å². The largest absolute Gasteiger partial charge is 0.508 e. The van der Waals surface area contributed by atoms with E-state index in [9.17, 15) is 4.79 Å². The first kappa shape index (κ1) is 10.3. The Kier molecular flexibility index (Phi) is 3.29. The molecule has 0 bridgehead atoms. The summed E-state index contributed by atoms with van der Waals surface area (Å²) in [6, 6.07) is 6.34. The zero-order valence-corrected chi connectivity index (χ0v) is 8.24. The molecule has 0 aliphatic carbocycles. The molecule has 14 heavy (non-hydrogen) atoms. The number of phenolic OH excluding ortho intramolecular Hbond substituents is 1. The van der Waals surface area contributed by atoms with E-state index in [4.69, 9.17) is 5.11 Å². The molecule has 0 unspecified atom stereocenters. The molecule has 74 valence electrons. The first-order chi connectivity index (χ1) is 6.58. The Hall–Kier alpha value is -1.77. The molecule has 3 nitrogen and oxygen atoms in total. The van der Waals surface area contributed by atoms with Crippen molar-refractivity contribution in [2.75, 3.05) is 5.32 Å². The van der Waals surface area contributed by atoms with Crippen LogP contribution in [0.25, 0.3) is 0 Å². The summed E-state index contributed by atoms with van der Waals surface area (Å²) in [6.07, 6.45) is 1.52. The monoisotopic (exact) mass is 191 g/mol. The van der Waals surface area contributed by atoms with E-state index in [1.165, 1.54) is 18.2 Å². The molecule has 0 aliphatic heterocycles.